The highest BCUT2D eigenvalue weighted by Crippen LogP contribution is 2.17. The molecule has 3 aromatic rings. The number of aryl methyl sites for hydroxylation is 3. The Labute approximate surface area is 177 Å². The zero-order valence-corrected chi connectivity index (χ0v) is 17.4. The van der Waals surface area contributed by atoms with Crippen molar-refractivity contribution in [1.82, 2.24) is 0 Å². The second-order valence-electron chi connectivity index (χ2n) is 7.39. The van der Waals surface area contributed by atoms with Gasteiger partial charge in [0.1, 0.15) is 0 Å². The number of amides is 2. The molecule has 0 saturated carbocycles. The molecule has 0 radical (unpaired) electrons. The maximum atomic E-state index is 12.3. The van der Waals surface area contributed by atoms with Gasteiger partial charge in [-0.1, -0.05) is 42.5 Å². The van der Waals surface area contributed by atoms with Crippen LogP contribution in [0.25, 0.3) is 0 Å². The highest BCUT2D eigenvalue weighted by molar-refractivity contribution is 5.95. The van der Waals surface area contributed by atoms with Gasteiger partial charge < -0.3 is 16.0 Å². The number of nitrogens with one attached hydrogen (secondary N) is 3. The Bertz CT molecular complexity index is 996. The van der Waals surface area contributed by atoms with Crippen molar-refractivity contribution in [3.63, 3.8) is 0 Å². The van der Waals surface area contributed by atoms with Gasteiger partial charge in [0, 0.05) is 23.5 Å². The molecule has 30 heavy (non-hydrogen) atoms. The van der Waals surface area contributed by atoms with Crippen LogP contribution >= 0.6 is 0 Å². The summed E-state index contributed by atoms with van der Waals surface area (Å²) in [6.45, 7) is 4.21. The van der Waals surface area contributed by atoms with Crippen molar-refractivity contribution in [1.29, 1.82) is 0 Å². The van der Waals surface area contributed by atoms with Crippen LogP contribution in [-0.4, -0.2) is 18.4 Å². The van der Waals surface area contributed by atoms with Gasteiger partial charge in [0.2, 0.25) is 11.8 Å². The Morgan fingerprint density at radius 1 is 0.700 bits per heavy atom. The van der Waals surface area contributed by atoms with Crippen molar-refractivity contribution >= 4 is 28.9 Å². The Morgan fingerprint density at radius 2 is 1.33 bits per heavy atom. The molecule has 2 amide bonds. The third-order valence-electron chi connectivity index (χ3n) is 4.59. The molecule has 0 fully saturated rings. The molecule has 0 aliphatic carbocycles. The molecule has 0 heterocycles. The number of hydrogen-bond donors (Lipinski definition) is 3. The molecule has 0 aromatic heterocycles. The first-order valence-corrected chi connectivity index (χ1v) is 10.0. The van der Waals surface area contributed by atoms with Gasteiger partial charge in [-0.3, -0.25) is 9.59 Å². The topological polar surface area (TPSA) is 70.2 Å². The van der Waals surface area contributed by atoms with Crippen LogP contribution in [0, 0.1) is 13.8 Å². The van der Waals surface area contributed by atoms with Gasteiger partial charge in [-0.05, 0) is 67.3 Å². The molecule has 0 saturated heterocycles. The highest BCUT2D eigenvalue weighted by Gasteiger charge is 2.06. The summed E-state index contributed by atoms with van der Waals surface area (Å²) < 4.78 is 0. The third-order valence-corrected chi connectivity index (χ3v) is 4.59. The molecule has 0 unspecified atom stereocenters. The minimum absolute atomic E-state index is 0.0567. The van der Waals surface area contributed by atoms with Crippen LogP contribution < -0.4 is 16.0 Å². The van der Waals surface area contributed by atoms with E-state index in [1.54, 1.807) is 18.2 Å². The molecule has 0 spiro atoms. The van der Waals surface area contributed by atoms with Crippen molar-refractivity contribution in [3.8, 4) is 0 Å². The number of hydrogen-bond acceptors (Lipinski definition) is 3. The number of carbonyl (C=O) groups excluding carboxylic acids is 2. The third kappa shape index (κ3) is 6.78. The lowest BCUT2D eigenvalue weighted by Gasteiger charge is -2.11. The van der Waals surface area contributed by atoms with Crippen molar-refractivity contribution in [2.45, 2.75) is 26.7 Å². The molecule has 0 aliphatic rings. The predicted octanol–water partition coefficient (Wildman–Crippen LogP) is 4.93. The summed E-state index contributed by atoms with van der Waals surface area (Å²) in [5.41, 5.74) is 5.64. The summed E-state index contributed by atoms with van der Waals surface area (Å²) in [5, 5.41) is 8.89. The first kappa shape index (κ1) is 21.1. The van der Waals surface area contributed by atoms with E-state index in [1.165, 1.54) is 0 Å². The molecule has 5 heteroatoms. The summed E-state index contributed by atoms with van der Waals surface area (Å²) in [7, 11) is 0. The van der Waals surface area contributed by atoms with Gasteiger partial charge in [-0.25, -0.2) is 0 Å². The quantitative estimate of drug-likeness (QED) is 0.501. The molecule has 0 aliphatic heterocycles. The molecular weight excluding hydrogens is 374 g/mol. The zero-order chi connectivity index (χ0) is 21.3. The minimum Gasteiger partial charge on any atom is -0.376 e. The van der Waals surface area contributed by atoms with E-state index in [-0.39, 0.29) is 18.4 Å². The van der Waals surface area contributed by atoms with Crippen LogP contribution in [0.3, 0.4) is 0 Å². The summed E-state index contributed by atoms with van der Waals surface area (Å²) in [6.07, 6.45) is 1.09. The van der Waals surface area contributed by atoms with Crippen LogP contribution in [0.1, 0.15) is 23.1 Å². The summed E-state index contributed by atoms with van der Waals surface area (Å²) in [4.78, 5) is 24.5. The first-order valence-electron chi connectivity index (χ1n) is 10.0. The van der Waals surface area contributed by atoms with Crippen LogP contribution in [-0.2, 0) is 16.0 Å². The predicted molar refractivity (Wildman–Crippen MR) is 123 cm³/mol. The maximum Gasteiger partial charge on any atom is 0.243 e. The van der Waals surface area contributed by atoms with Crippen molar-refractivity contribution in [2.75, 3.05) is 22.5 Å². The van der Waals surface area contributed by atoms with Crippen LogP contribution in [0.15, 0.2) is 72.8 Å². The number of rotatable bonds is 8. The van der Waals surface area contributed by atoms with E-state index < -0.39 is 0 Å². The van der Waals surface area contributed by atoms with E-state index in [9.17, 15) is 9.59 Å². The van der Waals surface area contributed by atoms with Gasteiger partial charge in [0.05, 0.1) is 6.54 Å². The van der Waals surface area contributed by atoms with Crippen LogP contribution in [0.5, 0.6) is 0 Å². The van der Waals surface area contributed by atoms with Gasteiger partial charge >= 0.3 is 0 Å². The monoisotopic (exact) mass is 401 g/mol. The molecule has 0 bridgehead atoms. The molecule has 3 rings (SSSR count). The fourth-order valence-corrected chi connectivity index (χ4v) is 3.27. The fourth-order valence-electron chi connectivity index (χ4n) is 3.27. The Kier molecular flexibility index (Phi) is 7.22. The van der Waals surface area contributed by atoms with E-state index in [4.69, 9.17) is 0 Å². The molecule has 154 valence electrons. The Hall–Kier alpha value is -3.60. The molecule has 0 atom stereocenters. The standard InChI is InChI=1S/C25H27N3O2/c1-18-13-19(2)15-23(14-18)26-17-25(30)28-22-10-6-9-21(16-22)27-24(29)12-11-20-7-4-3-5-8-20/h3-10,13-16,26H,11-12,17H2,1-2H3,(H,27,29)(H,28,30). The number of anilines is 3. The lowest BCUT2D eigenvalue weighted by Crippen LogP contribution is -2.22. The number of benzene rings is 3. The zero-order valence-electron chi connectivity index (χ0n) is 17.4. The lowest BCUT2D eigenvalue weighted by molar-refractivity contribution is -0.116. The Morgan fingerprint density at radius 3 is 2.00 bits per heavy atom. The van der Waals surface area contributed by atoms with E-state index in [2.05, 4.69) is 22.0 Å². The number of carbonyl (C=O) groups is 2. The Balaban J connectivity index is 1.49. The molecule has 5 nitrogen and oxygen atoms in total. The van der Waals surface area contributed by atoms with Gasteiger partial charge in [-0.2, -0.15) is 0 Å². The largest absolute Gasteiger partial charge is 0.376 e. The fraction of sp³-hybridized carbons (Fsp3) is 0.200. The van der Waals surface area contributed by atoms with Gasteiger partial charge in [-0.15, -0.1) is 0 Å². The maximum absolute atomic E-state index is 12.3. The van der Waals surface area contributed by atoms with Crippen LogP contribution in [0.4, 0.5) is 17.1 Å². The molecule has 3 aromatic carbocycles. The molecule has 3 N–H and O–H groups in total. The lowest BCUT2D eigenvalue weighted by atomic mass is 10.1. The first-order chi connectivity index (χ1) is 14.5. The molecular formula is C25H27N3O2. The summed E-state index contributed by atoms with van der Waals surface area (Å²) in [5.74, 6) is -0.208. The van der Waals surface area contributed by atoms with E-state index in [0.29, 0.717) is 24.2 Å². The second-order valence-corrected chi connectivity index (χ2v) is 7.39. The smallest absolute Gasteiger partial charge is 0.243 e. The van der Waals surface area contributed by atoms with E-state index in [0.717, 1.165) is 22.4 Å². The highest BCUT2D eigenvalue weighted by atomic mass is 16.2. The minimum atomic E-state index is -0.151. The van der Waals surface area contributed by atoms with Crippen LogP contribution in [0.2, 0.25) is 0 Å². The van der Waals surface area contributed by atoms with Gasteiger partial charge in [0.15, 0.2) is 0 Å². The van der Waals surface area contributed by atoms with E-state index >= 15 is 0 Å². The average Bonchev–Trinajstić information content (AvgIpc) is 2.71. The second kappa shape index (κ2) is 10.3. The average molecular weight is 402 g/mol. The van der Waals surface area contributed by atoms with Crippen molar-refractivity contribution < 1.29 is 9.59 Å². The van der Waals surface area contributed by atoms with Gasteiger partial charge in [0.25, 0.3) is 0 Å². The van der Waals surface area contributed by atoms with Crippen molar-refractivity contribution in [2.24, 2.45) is 0 Å². The SMILES string of the molecule is Cc1cc(C)cc(NCC(=O)Nc2cccc(NC(=O)CCc3ccccc3)c2)c1. The van der Waals surface area contributed by atoms with E-state index in [1.807, 2.05) is 62.4 Å². The van der Waals surface area contributed by atoms with Crippen molar-refractivity contribution in [3.05, 3.63) is 89.5 Å². The summed E-state index contributed by atoms with van der Waals surface area (Å²) >= 11 is 0. The summed E-state index contributed by atoms with van der Waals surface area (Å²) in [6, 6.07) is 23.2. The normalized spacial score (nSPS) is 10.3.